The van der Waals surface area contributed by atoms with Gasteiger partial charge < -0.3 is 14.4 Å². The third kappa shape index (κ3) is 3.41. The number of furan rings is 1. The first-order chi connectivity index (χ1) is 11.1. The molecule has 1 aromatic carbocycles. The molecule has 1 N–H and O–H groups in total. The molecule has 0 spiro atoms. The Morgan fingerprint density at radius 1 is 1.39 bits per heavy atom. The predicted molar refractivity (Wildman–Crippen MR) is 83.8 cm³/mol. The van der Waals surface area contributed by atoms with Crippen LogP contribution in [0.25, 0.3) is 0 Å². The van der Waals surface area contributed by atoms with E-state index in [1.54, 1.807) is 23.1 Å². The zero-order valence-corrected chi connectivity index (χ0v) is 13.2. The molecule has 1 aliphatic heterocycles. The number of carbonyl (C=O) groups is 1. The van der Waals surface area contributed by atoms with Gasteiger partial charge in [-0.15, -0.1) is 0 Å². The second-order valence-corrected chi connectivity index (χ2v) is 6.05. The van der Waals surface area contributed by atoms with Crippen LogP contribution >= 0.6 is 11.6 Å². The Kier molecular flexibility index (Phi) is 4.68. The fraction of sp³-hybridized carbons (Fsp3) is 0.353. The van der Waals surface area contributed by atoms with Crippen LogP contribution in [0.5, 0.6) is 0 Å². The van der Waals surface area contributed by atoms with Crippen LogP contribution in [-0.2, 0) is 0 Å². The molecule has 0 unspecified atom stereocenters. The predicted octanol–water partition coefficient (Wildman–Crippen LogP) is 3.80. The van der Waals surface area contributed by atoms with Crippen LogP contribution in [-0.4, -0.2) is 28.5 Å². The second kappa shape index (κ2) is 6.72. The monoisotopic (exact) mass is 337 g/mol. The van der Waals surface area contributed by atoms with Crippen molar-refractivity contribution in [1.29, 1.82) is 0 Å². The van der Waals surface area contributed by atoms with E-state index in [0.717, 1.165) is 12.8 Å². The average Bonchev–Trinajstić information content (AvgIpc) is 3.16. The summed E-state index contributed by atoms with van der Waals surface area (Å²) in [6.07, 6.45) is 2.75. The molecule has 3 rings (SSSR count). The van der Waals surface area contributed by atoms with Gasteiger partial charge in [-0.3, -0.25) is 4.79 Å². The van der Waals surface area contributed by atoms with Crippen molar-refractivity contribution in [2.24, 2.45) is 0 Å². The van der Waals surface area contributed by atoms with Gasteiger partial charge in [-0.05, 0) is 54.6 Å². The van der Waals surface area contributed by atoms with Crippen LogP contribution in [0, 0.1) is 5.82 Å². The number of likely N-dealkylation sites (tertiary alicyclic amines) is 1. The third-order valence-corrected chi connectivity index (χ3v) is 4.53. The highest BCUT2D eigenvalue weighted by atomic mass is 35.5. The Morgan fingerprint density at radius 3 is 2.78 bits per heavy atom. The standard InChI is InChI=1S/C17H17ClFNO3/c18-16-14(7-9-23-16)17(22)20-8-1-2-13(20)10-15(21)11-3-5-12(19)6-4-11/h3-7,9,13,15,21H,1-2,8,10H2/t13-,15-/m0/s1. The topological polar surface area (TPSA) is 53.7 Å². The van der Waals surface area contributed by atoms with Crippen LogP contribution in [0.4, 0.5) is 4.39 Å². The van der Waals surface area contributed by atoms with Gasteiger partial charge in [-0.25, -0.2) is 4.39 Å². The lowest BCUT2D eigenvalue weighted by molar-refractivity contribution is 0.0666. The number of carbonyl (C=O) groups excluding carboxylic acids is 1. The number of aliphatic hydroxyl groups is 1. The molecule has 0 saturated carbocycles. The summed E-state index contributed by atoms with van der Waals surface area (Å²) in [7, 11) is 0. The van der Waals surface area contributed by atoms with Gasteiger partial charge in [0.2, 0.25) is 5.22 Å². The lowest BCUT2D eigenvalue weighted by Gasteiger charge is -2.26. The molecule has 2 aromatic rings. The number of nitrogens with zero attached hydrogens (tertiary/aromatic N) is 1. The first-order valence-electron chi connectivity index (χ1n) is 7.53. The van der Waals surface area contributed by atoms with E-state index in [1.807, 2.05) is 0 Å². The molecule has 0 aliphatic carbocycles. The van der Waals surface area contributed by atoms with Crippen molar-refractivity contribution < 1.29 is 18.7 Å². The van der Waals surface area contributed by atoms with Crippen molar-refractivity contribution in [1.82, 2.24) is 4.90 Å². The van der Waals surface area contributed by atoms with Gasteiger partial charge >= 0.3 is 0 Å². The van der Waals surface area contributed by atoms with Crippen LogP contribution in [0.3, 0.4) is 0 Å². The lowest BCUT2D eigenvalue weighted by Crippen LogP contribution is -2.36. The van der Waals surface area contributed by atoms with Crippen LogP contribution in [0.15, 0.2) is 41.0 Å². The minimum Gasteiger partial charge on any atom is -0.452 e. The van der Waals surface area contributed by atoms with Gasteiger partial charge in [0.05, 0.1) is 17.9 Å². The zero-order valence-electron chi connectivity index (χ0n) is 12.4. The largest absolute Gasteiger partial charge is 0.452 e. The Morgan fingerprint density at radius 2 is 2.13 bits per heavy atom. The van der Waals surface area contributed by atoms with E-state index in [4.69, 9.17) is 16.0 Å². The number of hydrogen-bond acceptors (Lipinski definition) is 3. The molecule has 122 valence electrons. The smallest absolute Gasteiger partial charge is 0.258 e. The number of benzene rings is 1. The molecule has 2 atom stereocenters. The van der Waals surface area contributed by atoms with Gasteiger partial charge in [0.25, 0.3) is 5.91 Å². The molecule has 23 heavy (non-hydrogen) atoms. The highest BCUT2D eigenvalue weighted by Gasteiger charge is 2.32. The van der Waals surface area contributed by atoms with Crippen molar-refractivity contribution in [3.8, 4) is 0 Å². The van der Waals surface area contributed by atoms with Crippen LogP contribution in [0.1, 0.15) is 41.3 Å². The number of halogens is 2. The maximum absolute atomic E-state index is 13.0. The molecule has 0 bridgehead atoms. The quantitative estimate of drug-likeness (QED) is 0.923. The molecule has 1 aliphatic rings. The van der Waals surface area contributed by atoms with E-state index in [1.165, 1.54) is 18.4 Å². The molecule has 2 heterocycles. The van der Waals surface area contributed by atoms with Crippen molar-refractivity contribution >= 4 is 17.5 Å². The van der Waals surface area contributed by atoms with E-state index in [9.17, 15) is 14.3 Å². The normalized spacial score (nSPS) is 19.1. The van der Waals surface area contributed by atoms with E-state index >= 15 is 0 Å². The minimum absolute atomic E-state index is 0.0754. The maximum Gasteiger partial charge on any atom is 0.258 e. The lowest BCUT2D eigenvalue weighted by atomic mass is 10.00. The summed E-state index contributed by atoms with van der Waals surface area (Å²) in [6, 6.07) is 7.25. The second-order valence-electron chi connectivity index (χ2n) is 5.71. The van der Waals surface area contributed by atoms with Crippen molar-refractivity contribution in [3.05, 3.63) is 58.8 Å². The summed E-state index contributed by atoms with van der Waals surface area (Å²) in [4.78, 5) is 14.3. The first kappa shape index (κ1) is 16.0. The van der Waals surface area contributed by atoms with E-state index < -0.39 is 6.10 Å². The molecule has 1 fully saturated rings. The minimum atomic E-state index is -0.742. The Bertz CT molecular complexity index is 685. The van der Waals surface area contributed by atoms with Gasteiger partial charge in [0.1, 0.15) is 5.82 Å². The summed E-state index contributed by atoms with van der Waals surface area (Å²) < 4.78 is 17.9. The highest BCUT2D eigenvalue weighted by Crippen LogP contribution is 2.30. The molecule has 0 radical (unpaired) electrons. The molecule has 6 heteroatoms. The Hall–Kier alpha value is -1.85. The molecular weight excluding hydrogens is 321 g/mol. The fourth-order valence-corrected chi connectivity index (χ4v) is 3.22. The summed E-state index contributed by atoms with van der Waals surface area (Å²) in [6.45, 7) is 0.626. The van der Waals surface area contributed by atoms with Crippen molar-refractivity contribution in [3.63, 3.8) is 0 Å². The Balaban J connectivity index is 1.70. The van der Waals surface area contributed by atoms with Crippen LogP contribution in [0.2, 0.25) is 5.22 Å². The van der Waals surface area contributed by atoms with Gasteiger partial charge in [0.15, 0.2) is 0 Å². The molecule has 1 amide bonds. The number of hydrogen-bond donors (Lipinski definition) is 1. The summed E-state index contributed by atoms with van der Waals surface area (Å²) in [5.74, 6) is -0.522. The summed E-state index contributed by atoms with van der Waals surface area (Å²) in [5, 5.41) is 10.4. The Labute approximate surface area is 138 Å². The molecule has 1 aromatic heterocycles. The number of aliphatic hydroxyl groups excluding tert-OH is 1. The van der Waals surface area contributed by atoms with E-state index in [-0.39, 0.29) is 23.0 Å². The van der Waals surface area contributed by atoms with Gasteiger partial charge in [-0.1, -0.05) is 12.1 Å². The molecule has 4 nitrogen and oxygen atoms in total. The molecule has 1 saturated heterocycles. The van der Waals surface area contributed by atoms with E-state index in [2.05, 4.69) is 0 Å². The average molecular weight is 338 g/mol. The highest BCUT2D eigenvalue weighted by molar-refractivity contribution is 6.32. The van der Waals surface area contributed by atoms with Crippen LogP contribution < -0.4 is 0 Å². The SMILES string of the molecule is O=C(c1ccoc1Cl)N1CCC[C@H]1C[C@H](O)c1ccc(F)cc1. The maximum atomic E-state index is 13.0. The summed E-state index contributed by atoms with van der Waals surface area (Å²) in [5.41, 5.74) is 0.988. The third-order valence-electron chi connectivity index (χ3n) is 4.24. The molecular formula is C17H17ClFNO3. The number of rotatable bonds is 4. The van der Waals surface area contributed by atoms with Crippen molar-refractivity contribution in [2.45, 2.75) is 31.4 Å². The first-order valence-corrected chi connectivity index (χ1v) is 7.91. The van der Waals surface area contributed by atoms with Gasteiger partial charge in [-0.2, -0.15) is 0 Å². The fourth-order valence-electron chi connectivity index (χ4n) is 3.03. The van der Waals surface area contributed by atoms with Gasteiger partial charge in [0, 0.05) is 12.6 Å². The summed E-state index contributed by atoms with van der Waals surface area (Å²) >= 11 is 5.88. The number of amides is 1. The van der Waals surface area contributed by atoms with E-state index in [0.29, 0.717) is 24.1 Å². The van der Waals surface area contributed by atoms with Crippen molar-refractivity contribution in [2.75, 3.05) is 6.54 Å². The zero-order chi connectivity index (χ0) is 16.4.